The van der Waals surface area contributed by atoms with Crippen molar-refractivity contribution in [3.05, 3.63) is 34.9 Å². The van der Waals surface area contributed by atoms with E-state index in [4.69, 9.17) is 16.3 Å². The Morgan fingerprint density at radius 1 is 1.40 bits per heavy atom. The van der Waals surface area contributed by atoms with E-state index in [0.29, 0.717) is 36.9 Å². The fourth-order valence-corrected chi connectivity index (χ4v) is 4.78. The second kappa shape index (κ2) is 5.99. The summed E-state index contributed by atoms with van der Waals surface area (Å²) in [6, 6.07) is 7.33. The summed E-state index contributed by atoms with van der Waals surface area (Å²) in [5, 5.41) is 0.603. The fraction of sp³-hybridized carbons (Fsp3) is 0.579. The number of benzene rings is 1. The molecule has 1 spiro atoms. The van der Waals surface area contributed by atoms with Gasteiger partial charge in [-0.1, -0.05) is 43.6 Å². The Morgan fingerprint density at radius 3 is 2.88 bits per heavy atom. The number of carbonyl (C=O) groups is 2. The van der Waals surface area contributed by atoms with Crippen LogP contribution in [0.4, 0.5) is 0 Å². The van der Waals surface area contributed by atoms with E-state index in [9.17, 15) is 9.59 Å². The largest absolute Gasteiger partial charge is 0.351 e. The van der Waals surface area contributed by atoms with Gasteiger partial charge in [0.15, 0.2) is 5.72 Å². The van der Waals surface area contributed by atoms with Gasteiger partial charge in [0.05, 0.1) is 31.5 Å². The van der Waals surface area contributed by atoms with Gasteiger partial charge >= 0.3 is 0 Å². The average Bonchev–Trinajstić information content (AvgIpc) is 3.19. The maximum Gasteiger partial charge on any atom is 0.227 e. The Hall–Kier alpha value is -1.59. The molecule has 0 saturated carbocycles. The van der Waals surface area contributed by atoms with Gasteiger partial charge in [0.25, 0.3) is 0 Å². The molecule has 0 N–H and O–H groups in total. The van der Waals surface area contributed by atoms with Crippen molar-refractivity contribution in [1.29, 1.82) is 0 Å². The summed E-state index contributed by atoms with van der Waals surface area (Å²) in [5.41, 5.74) is 0.214. The summed E-state index contributed by atoms with van der Waals surface area (Å²) in [4.78, 5) is 29.3. The molecule has 3 aliphatic heterocycles. The third-order valence-electron chi connectivity index (χ3n) is 5.88. The monoisotopic (exact) mass is 362 g/mol. The average molecular weight is 363 g/mol. The molecule has 0 aliphatic carbocycles. The van der Waals surface area contributed by atoms with Crippen molar-refractivity contribution in [1.82, 2.24) is 9.80 Å². The van der Waals surface area contributed by atoms with Crippen molar-refractivity contribution in [3.8, 4) is 0 Å². The summed E-state index contributed by atoms with van der Waals surface area (Å²) in [6.07, 6.45) is 1.31. The minimum absolute atomic E-state index is 0.0150. The Morgan fingerprint density at radius 2 is 2.16 bits per heavy atom. The molecule has 1 aromatic carbocycles. The van der Waals surface area contributed by atoms with Crippen LogP contribution in [-0.2, 0) is 20.7 Å². The molecule has 3 aliphatic rings. The van der Waals surface area contributed by atoms with E-state index in [0.717, 1.165) is 5.56 Å². The number of hydrogen-bond donors (Lipinski definition) is 0. The first-order chi connectivity index (χ1) is 11.9. The summed E-state index contributed by atoms with van der Waals surface area (Å²) in [5.74, 6) is 0.465. The lowest BCUT2D eigenvalue weighted by molar-refractivity contribution is -0.141. The number of likely N-dealkylation sites (tertiary alicyclic amines) is 1. The maximum atomic E-state index is 12.9. The van der Waals surface area contributed by atoms with Crippen LogP contribution in [0.1, 0.15) is 32.3 Å². The van der Waals surface area contributed by atoms with E-state index in [1.807, 2.05) is 28.0 Å². The van der Waals surface area contributed by atoms with Crippen molar-refractivity contribution in [2.75, 3.05) is 13.2 Å². The third kappa shape index (κ3) is 2.48. The molecule has 3 heterocycles. The zero-order chi connectivity index (χ0) is 17.8. The molecule has 4 rings (SSSR count). The van der Waals surface area contributed by atoms with Crippen LogP contribution in [-0.4, -0.2) is 52.6 Å². The maximum absolute atomic E-state index is 12.9. The zero-order valence-electron chi connectivity index (χ0n) is 14.6. The van der Waals surface area contributed by atoms with Crippen molar-refractivity contribution in [2.45, 2.75) is 50.9 Å². The molecule has 2 amide bonds. The summed E-state index contributed by atoms with van der Waals surface area (Å²) >= 11 is 6.19. The Bertz CT molecular complexity index is 722. The smallest absolute Gasteiger partial charge is 0.227 e. The molecular weight excluding hydrogens is 340 g/mol. The lowest BCUT2D eigenvalue weighted by Gasteiger charge is -2.34. The minimum Gasteiger partial charge on any atom is -0.351 e. The van der Waals surface area contributed by atoms with Gasteiger partial charge in [-0.15, -0.1) is 0 Å². The normalized spacial score (nSPS) is 31.0. The number of hydrogen-bond acceptors (Lipinski definition) is 3. The van der Waals surface area contributed by atoms with E-state index in [1.165, 1.54) is 0 Å². The Kier molecular flexibility index (Phi) is 4.04. The predicted octanol–water partition coefficient (Wildman–Crippen LogP) is 2.47. The van der Waals surface area contributed by atoms with E-state index < -0.39 is 5.72 Å². The van der Waals surface area contributed by atoms with Crippen LogP contribution < -0.4 is 0 Å². The van der Waals surface area contributed by atoms with Crippen molar-refractivity contribution >= 4 is 23.4 Å². The van der Waals surface area contributed by atoms with Gasteiger partial charge in [0, 0.05) is 18.0 Å². The number of halogens is 1. The molecule has 0 radical (unpaired) electrons. The van der Waals surface area contributed by atoms with Gasteiger partial charge in [0.2, 0.25) is 11.8 Å². The molecule has 0 bridgehead atoms. The molecule has 1 aromatic rings. The lowest BCUT2D eigenvalue weighted by Crippen LogP contribution is -2.51. The number of nitrogens with zero attached hydrogens (tertiary/aromatic N) is 2. The van der Waals surface area contributed by atoms with Gasteiger partial charge in [-0.25, -0.2) is 0 Å². The molecule has 0 aromatic heterocycles. The summed E-state index contributed by atoms with van der Waals surface area (Å²) < 4.78 is 6.17. The number of amides is 2. The SMILES string of the molecule is CC(C)[C@@H]1CO[C@@]23CCN(C(=O)Cc4ccccc4Cl)[C@@H]2CC(=O)N13. The summed E-state index contributed by atoms with van der Waals surface area (Å²) in [7, 11) is 0. The van der Waals surface area contributed by atoms with Gasteiger partial charge in [-0.05, 0) is 17.5 Å². The quantitative estimate of drug-likeness (QED) is 0.830. The first-order valence-corrected chi connectivity index (χ1v) is 9.31. The van der Waals surface area contributed by atoms with E-state index in [1.54, 1.807) is 6.07 Å². The summed E-state index contributed by atoms with van der Waals surface area (Å²) in [6.45, 7) is 5.42. The lowest BCUT2D eigenvalue weighted by atomic mass is 10.0. The van der Waals surface area contributed by atoms with Crippen LogP contribution in [0.15, 0.2) is 24.3 Å². The molecule has 0 unspecified atom stereocenters. The van der Waals surface area contributed by atoms with Gasteiger partial charge in [-0.2, -0.15) is 0 Å². The minimum atomic E-state index is -0.609. The van der Waals surface area contributed by atoms with Crippen molar-refractivity contribution in [3.63, 3.8) is 0 Å². The fourth-order valence-electron chi connectivity index (χ4n) is 4.58. The van der Waals surface area contributed by atoms with Gasteiger partial charge < -0.3 is 14.5 Å². The predicted molar refractivity (Wildman–Crippen MR) is 94.0 cm³/mol. The van der Waals surface area contributed by atoms with Crippen LogP contribution in [0.3, 0.4) is 0 Å². The molecule has 3 saturated heterocycles. The third-order valence-corrected chi connectivity index (χ3v) is 6.25. The molecular formula is C19H23ClN2O3. The highest BCUT2D eigenvalue weighted by Crippen LogP contribution is 2.48. The Labute approximate surface area is 152 Å². The second-order valence-electron chi connectivity index (χ2n) is 7.56. The molecule has 3 atom stereocenters. The van der Waals surface area contributed by atoms with Crippen LogP contribution in [0.25, 0.3) is 0 Å². The van der Waals surface area contributed by atoms with Crippen LogP contribution in [0.5, 0.6) is 0 Å². The highest BCUT2D eigenvalue weighted by molar-refractivity contribution is 6.31. The molecule has 5 nitrogen and oxygen atoms in total. The number of rotatable bonds is 3. The molecule has 134 valence electrons. The van der Waals surface area contributed by atoms with Crippen LogP contribution in [0, 0.1) is 5.92 Å². The van der Waals surface area contributed by atoms with Crippen molar-refractivity contribution < 1.29 is 14.3 Å². The number of ether oxygens (including phenoxy) is 1. The van der Waals surface area contributed by atoms with Gasteiger partial charge in [-0.3, -0.25) is 9.59 Å². The first-order valence-electron chi connectivity index (χ1n) is 8.93. The highest BCUT2D eigenvalue weighted by atomic mass is 35.5. The zero-order valence-corrected chi connectivity index (χ0v) is 15.3. The first kappa shape index (κ1) is 16.9. The van der Waals surface area contributed by atoms with Gasteiger partial charge in [0.1, 0.15) is 0 Å². The standard InChI is InChI=1S/C19H23ClN2O3/c1-12(2)15-11-25-19-7-8-21(16(19)10-18(24)22(15)19)17(23)9-13-5-3-4-6-14(13)20/h3-6,12,15-16H,7-11H2,1-2H3/t15-,16+,19-/m0/s1. The van der Waals surface area contributed by atoms with Crippen LogP contribution in [0.2, 0.25) is 5.02 Å². The van der Waals surface area contributed by atoms with Crippen molar-refractivity contribution in [2.24, 2.45) is 5.92 Å². The highest BCUT2D eigenvalue weighted by Gasteiger charge is 2.65. The molecule has 25 heavy (non-hydrogen) atoms. The van der Waals surface area contributed by atoms with Crippen LogP contribution >= 0.6 is 11.6 Å². The molecule has 6 heteroatoms. The second-order valence-corrected chi connectivity index (χ2v) is 7.96. The number of carbonyl (C=O) groups excluding carboxylic acids is 2. The molecule has 3 fully saturated rings. The van der Waals surface area contributed by atoms with E-state index in [2.05, 4.69) is 13.8 Å². The topological polar surface area (TPSA) is 49.9 Å². The van der Waals surface area contributed by atoms with E-state index >= 15 is 0 Å². The van der Waals surface area contributed by atoms with E-state index in [-0.39, 0.29) is 30.3 Å². The Balaban J connectivity index is 1.56.